The van der Waals surface area contributed by atoms with Gasteiger partial charge in [-0.15, -0.1) is 12.8 Å². The molecule has 0 spiro atoms. The van der Waals surface area contributed by atoms with E-state index in [2.05, 4.69) is 11.8 Å². The lowest BCUT2D eigenvalue weighted by Crippen LogP contribution is -2.40. The van der Waals surface area contributed by atoms with Gasteiger partial charge in [0.2, 0.25) is 0 Å². The molecule has 0 aliphatic carbocycles. The molecular weight excluding hydrogens is 285 g/mol. The molecule has 0 saturated heterocycles. The van der Waals surface area contributed by atoms with Crippen molar-refractivity contribution in [2.75, 3.05) is 0 Å². The molecule has 0 unspecified atom stereocenters. The minimum Gasteiger partial charge on any atom is -0.339 e. The Bertz CT molecular complexity index is 361. The van der Waals surface area contributed by atoms with Crippen molar-refractivity contribution in [3.63, 3.8) is 0 Å². The summed E-state index contributed by atoms with van der Waals surface area (Å²) in [4.78, 5) is 0. The molecule has 0 aliphatic rings. The fraction of sp³-hybridized carbons (Fsp3) is 0.714. The van der Waals surface area contributed by atoms with E-state index < -0.39 is 39.2 Å². The molecule has 0 fully saturated rings. The first-order valence-corrected chi connectivity index (χ1v) is 8.10. The zero-order valence-electron chi connectivity index (χ0n) is 12.3. The molecule has 0 aliphatic heterocycles. The summed E-state index contributed by atoms with van der Waals surface area (Å²) in [6, 6.07) is 0.0233. The summed E-state index contributed by atoms with van der Waals surface area (Å²) in [6.45, 7) is 6.63. The first-order chi connectivity index (χ1) is 8.91. The Labute approximate surface area is 121 Å². The second-order valence-electron chi connectivity index (χ2n) is 5.48. The molecule has 114 valence electrons. The van der Waals surface area contributed by atoms with Gasteiger partial charge in [-0.05, 0) is 33.7 Å². The van der Waals surface area contributed by atoms with E-state index in [4.69, 9.17) is 22.3 Å². The second kappa shape index (κ2) is 7.17. The predicted molar refractivity (Wildman–Crippen MR) is 75.8 cm³/mol. The highest BCUT2D eigenvalue weighted by molar-refractivity contribution is 6.36. The van der Waals surface area contributed by atoms with Crippen LogP contribution < -0.4 is 0 Å². The highest BCUT2D eigenvalue weighted by Gasteiger charge is 2.30. The summed E-state index contributed by atoms with van der Waals surface area (Å²) in [5.74, 6) is 4.12. The van der Waals surface area contributed by atoms with Crippen LogP contribution in [0.4, 0.5) is 13.2 Å². The maximum Gasteiger partial charge on any atom is 0.388 e. The molecule has 2 nitrogen and oxygen atoms in total. The van der Waals surface area contributed by atoms with Gasteiger partial charge in [0.15, 0.2) is 0 Å². The van der Waals surface area contributed by atoms with Gasteiger partial charge in [-0.25, -0.2) is 0 Å². The van der Waals surface area contributed by atoms with E-state index in [9.17, 15) is 13.2 Å². The normalized spacial score (nSPS) is 13.7. The van der Waals surface area contributed by atoms with Crippen molar-refractivity contribution in [1.29, 1.82) is 0 Å². The zero-order valence-corrected chi connectivity index (χ0v) is 13.7. The minimum atomic E-state index is -4.17. The molecule has 6 heteroatoms. The summed E-state index contributed by atoms with van der Waals surface area (Å²) in [6.07, 6.45) is 5.62. The minimum absolute atomic E-state index is 0.0233. The molecule has 0 amide bonds. The number of hydrogen-bond acceptors (Lipinski definition) is 2. The highest BCUT2D eigenvalue weighted by atomic mass is 28.2. The SMILES string of the molecule is C#CC(C)(C)OC(OC(C)(C)C#C)[SiH2]CCC(F)(F)F. The third kappa shape index (κ3) is 9.03. The highest BCUT2D eigenvalue weighted by Crippen LogP contribution is 2.23. The van der Waals surface area contributed by atoms with Crippen LogP contribution in [0.1, 0.15) is 34.1 Å². The number of alkyl halides is 3. The molecule has 0 atom stereocenters. The Morgan fingerprint density at radius 1 is 1.00 bits per heavy atom. The Kier molecular flexibility index (Phi) is 6.83. The smallest absolute Gasteiger partial charge is 0.339 e. The maximum atomic E-state index is 12.2. The number of terminal acetylenes is 2. The molecule has 0 aromatic rings. The number of ether oxygens (including phenoxy) is 2. The van der Waals surface area contributed by atoms with Crippen LogP contribution in [-0.4, -0.2) is 32.8 Å². The van der Waals surface area contributed by atoms with Crippen LogP contribution in [0.3, 0.4) is 0 Å². The van der Waals surface area contributed by atoms with Crippen molar-refractivity contribution in [2.24, 2.45) is 0 Å². The van der Waals surface area contributed by atoms with Gasteiger partial charge in [0.05, 0.1) is 9.52 Å². The van der Waals surface area contributed by atoms with Gasteiger partial charge in [0.25, 0.3) is 0 Å². The Morgan fingerprint density at radius 3 is 1.70 bits per heavy atom. The molecular formula is C14H21F3O2Si. The largest absolute Gasteiger partial charge is 0.388 e. The van der Waals surface area contributed by atoms with E-state index in [1.807, 2.05) is 0 Å². The van der Waals surface area contributed by atoms with Crippen molar-refractivity contribution >= 4 is 9.52 Å². The van der Waals surface area contributed by atoms with Gasteiger partial charge in [0, 0.05) is 6.42 Å². The van der Waals surface area contributed by atoms with Crippen LogP contribution in [0.2, 0.25) is 6.04 Å². The first-order valence-electron chi connectivity index (χ1n) is 6.29. The Balaban J connectivity index is 4.66. The average molecular weight is 306 g/mol. The van der Waals surface area contributed by atoms with Crippen molar-refractivity contribution in [3.05, 3.63) is 0 Å². The molecule has 0 aromatic carbocycles. The Hall–Kier alpha value is -0.953. The first kappa shape index (κ1) is 19.0. The van der Waals surface area contributed by atoms with Crippen molar-refractivity contribution in [3.8, 4) is 24.7 Å². The molecule has 0 aromatic heterocycles. The predicted octanol–water partition coefficient (Wildman–Crippen LogP) is 2.67. The lowest BCUT2D eigenvalue weighted by atomic mass is 10.1. The average Bonchev–Trinajstić information content (AvgIpc) is 2.26. The van der Waals surface area contributed by atoms with E-state index >= 15 is 0 Å². The van der Waals surface area contributed by atoms with E-state index in [0.29, 0.717) is 0 Å². The number of rotatable bonds is 7. The van der Waals surface area contributed by atoms with Gasteiger partial charge < -0.3 is 9.47 Å². The van der Waals surface area contributed by atoms with E-state index in [1.54, 1.807) is 27.7 Å². The number of halogens is 3. The quantitative estimate of drug-likeness (QED) is 0.409. The number of hydrogen-bond donors (Lipinski definition) is 0. The molecule has 0 radical (unpaired) electrons. The van der Waals surface area contributed by atoms with Crippen molar-refractivity contribution < 1.29 is 22.6 Å². The van der Waals surface area contributed by atoms with Crippen LogP contribution in [0, 0.1) is 24.7 Å². The van der Waals surface area contributed by atoms with Crippen molar-refractivity contribution in [2.45, 2.75) is 63.5 Å². The van der Waals surface area contributed by atoms with Gasteiger partial charge in [-0.1, -0.05) is 11.8 Å². The van der Waals surface area contributed by atoms with Crippen LogP contribution in [0.25, 0.3) is 0 Å². The van der Waals surface area contributed by atoms with Crippen LogP contribution >= 0.6 is 0 Å². The van der Waals surface area contributed by atoms with Crippen LogP contribution in [0.5, 0.6) is 0 Å². The summed E-state index contributed by atoms with van der Waals surface area (Å²) in [5, 5.41) is 0. The fourth-order valence-corrected chi connectivity index (χ4v) is 3.34. The maximum absolute atomic E-state index is 12.2. The van der Waals surface area contributed by atoms with Gasteiger partial charge >= 0.3 is 6.18 Å². The molecule has 0 rings (SSSR count). The summed E-state index contributed by atoms with van der Waals surface area (Å²) in [5.41, 5.74) is -1.80. The second-order valence-corrected chi connectivity index (χ2v) is 7.43. The molecule has 0 bridgehead atoms. The van der Waals surface area contributed by atoms with E-state index in [1.165, 1.54) is 0 Å². The molecule has 0 heterocycles. The summed E-state index contributed by atoms with van der Waals surface area (Å²) >= 11 is 0. The summed E-state index contributed by atoms with van der Waals surface area (Å²) in [7, 11) is -1.29. The molecule has 20 heavy (non-hydrogen) atoms. The topological polar surface area (TPSA) is 18.5 Å². The monoisotopic (exact) mass is 306 g/mol. The lowest BCUT2D eigenvalue weighted by molar-refractivity contribution is -0.173. The standard InChI is InChI=1S/C14H21F3O2Si/c1-7-12(3,4)18-11(19-13(5,6)8-2)20-10-9-14(15,16)17/h1-2,11H,9-10,20H2,3-6H3. The fourth-order valence-electron chi connectivity index (χ4n) is 1.34. The van der Waals surface area contributed by atoms with Gasteiger partial charge in [-0.2, -0.15) is 13.2 Å². The zero-order chi connectivity index (χ0) is 16.0. The van der Waals surface area contributed by atoms with Crippen LogP contribution in [0.15, 0.2) is 0 Å². The van der Waals surface area contributed by atoms with Crippen molar-refractivity contribution in [1.82, 2.24) is 0 Å². The molecule has 0 saturated carbocycles. The third-order valence-corrected chi connectivity index (χ3v) is 4.01. The molecule has 0 N–H and O–H groups in total. The van der Waals surface area contributed by atoms with Crippen LogP contribution in [-0.2, 0) is 9.47 Å². The Morgan fingerprint density at radius 2 is 1.40 bits per heavy atom. The van der Waals surface area contributed by atoms with E-state index in [-0.39, 0.29) is 6.04 Å². The van der Waals surface area contributed by atoms with E-state index in [0.717, 1.165) is 0 Å². The third-order valence-electron chi connectivity index (χ3n) is 2.45. The van der Waals surface area contributed by atoms with Gasteiger partial charge in [0.1, 0.15) is 17.1 Å². The lowest BCUT2D eigenvalue weighted by Gasteiger charge is -2.31. The summed E-state index contributed by atoms with van der Waals surface area (Å²) < 4.78 is 47.7. The van der Waals surface area contributed by atoms with Gasteiger partial charge in [-0.3, -0.25) is 0 Å².